The Bertz CT molecular complexity index is 183. The zero-order valence-electron chi connectivity index (χ0n) is 7.53. The van der Waals surface area contributed by atoms with E-state index in [-0.39, 0.29) is 12.5 Å². The van der Waals surface area contributed by atoms with Crippen LogP contribution in [0, 0.1) is 5.92 Å². The SMILES string of the molecule is CC1CCC(CN)(OC(F)(F)F)C1. The van der Waals surface area contributed by atoms with Crippen molar-refractivity contribution >= 4 is 0 Å². The maximum atomic E-state index is 12.0. The fourth-order valence-corrected chi connectivity index (χ4v) is 1.91. The molecule has 1 aliphatic rings. The lowest BCUT2D eigenvalue weighted by molar-refractivity contribution is -0.364. The van der Waals surface area contributed by atoms with Crippen LogP contribution in [-0.2, 0) is 4.74 Å². The molecule has 78 valence electrons. The summed E-state index contributed by atoms with van der Waals surface area (Å²) in [6.07, 6.45) is -3.00. The van der Waals surface area contributed by atoms with Crippen LogP contribution in [-0.4, -0.2) is 18.5 Å². The number of ether oxygens (including phenoxy) is 1. The Morgan fingerprint density at radius 2 is 2.15 bits per heavy atom. The summed E-state index contributed by atoms with van der Waals surface area (Å²) in [5.41, 5.74) is 4.16. The second-order valence-electron chi connectivity index (χ2n) is 3.78. The minimum Gasteiger partial charge on any atom is -0.328 e. The Labute approximate surface area is 75.2 Å². The lowest BCUT2D eigenvalue weighted by Crippen LogP contribution is -2.42. The minimum absolute atomic E-state index is 0.0587. The van der Waals surface area contributed by atoms with Gasteiger partial charge in [0.25, 0.3) is 0 Å². The second kappa shape index (κ2) is 3.46. The molecule has 0 aromatic carbocycles. The van der Waals surface area contributed by atoms with E-state index in [4.69, 9.17) is 5.73 Å². The van der Waals surface area contributed by atoms with E-state index in [2.05, 4.69) is 4.74 Å². The van der Waals surface area contributed by atoms with Crippen molar-refractivity contribution in [1.82, 2.24) is 0 Å². The molecule has 2 atom stereocenters. The van der Waals surface area contributed by atoms with Crippen molar-refractivity contribution in [1.29, 1.82) is 0 Å². The summed E-state index contributed by atoms with van der Waals surface area (Å²) in [7, 11) is 0. The third-order valence-electron chi connectivity index (χ3n) is 2.52. The minimum atomic E-state index is -4.57. The van der Waals surface area contributed by atoms with Crippen molar-refractivity contribution in [3.8, 4) is 0 Å². The zero-order chi connectivity index (χ0) is 10.1. The first-order valence-corrected chi connectivity index (χ1v) is 4.34. The molecule has 0 spiro atoms. The topological polar surface area (TPSA) is 35.2 Å². The molecule has 0 amide bonds. The van der Waals surface area contributed by atoms with Crippen molar-refractivity contribution in [3.63, 3.8) is 0 Å². The van der Waals surface area contributed by atoms with Crippen LogP contribution in [0.5, 0.6) is 0 Å². The summed E-state index contributed by atoms with van der Waals surface area (Å²) < 4.78 is 40.0. The van der Waals surface area contributed by atoms with Crippen LogP contribution >= 0.6 is 0 Å². The average Bonchev–Trinajstić information content (AvgIpc) is 2.29. The van der Waals surface area contributed by atoms with Gasteiger partial charge in [0.05, 0.1) is 5.60 Å². The quantitative estimate of drug-likeness (QED) is 0.735. The van der Waals surface area contributed by atoms with Crippen molar-refractivity contribution < 1.29 is 17.9 Å². The highest BCUT2D eigenvalue weighted by Gasteiger charge is 2.46. The van der Waals surface area contributed by atoms with E-state index in [1.165, 1.54) is 0 Å². The molecule has 0 aliphatic heterocycles. The molecule has 13 heavy (non-hydrogen) atoms. The summed E-state index contributed by atoms with van der Waals surface area (Å²) in [6.45, 7) is 1.86. The Morgan fingerprint density at radius 3 is 2.46 bits per heavy atom. The highest BCUT2D eigenvalue weighted by atomic mass is 19.4. The summed E-state index contributed by atoms with van der Waals surface area (Å²) in [4.78, 5) is 0. The molecular formula is C8H14F3NO. The van der Waals surface area contributed by atoms with E-state index in [1.807, 2.05) is 6.92 Å². The molecule has 1 fully saturated rings. The van der Waals surface area contributed by atoms with Gasteiger partial charge in [0, 0.05) is 6.54 Å². The fraction of sp³-hybridized carbons (Fsp3) is 1.00. The molecule has 2 unspecified atom stereocenters. The summed E-state index contributed by atoms with van der Waals surface area (Å²) in [5.74, 6) is 0.269. The van der Waals surface area contributed by atoms with E-state index >= 15 is 0 Å². The molecule has 1 rings (SSSR count). The molecule has 2 N–H and O–H groups in total. The van der Waals surface area contributed by atoms with Gasteiger partial charge >= 0.3 is 6.36 Å². The van der Waals surface area contributed by atoms with Gasteiger partial charge in [0.1, 0.15) is 0 Å². The molecule has 5 heteroatoms. The zero-order valence-corrected chi connectivity index (χ0v) is 7.53. The van der Waals surface area contributed by atoms with Gasteiger partial charge in [-0.2, -0.15) is 0 Å². The van der Waals surface area contributed by atoms with E-state index in [1.54, 1.807) is 0 Å². The molecule has 2 nitrogen and oxygen atoms in total. The van der Waals surface area contributed by atoms with Gasteiger partial charge in [-0.3, -0.25) is 4.74 Å². The molecule has 0 heterocycles. The number of hydrogen-bond acceptors (Lipinski definition) is 2. The van der Waals surface area contributed by atoms with Crippen molar-refractivity contribution in [2.75, 3.05) is 6.54 Å². The first kappa shape index (κ1) is 10.8. The van der Waals surface area contributed by atoms with Crippen LogP contribution in [0.3, 0.4) is 0 Å². The van der Waals surface area contributed by atoms with Gasteiger partial charge in [-0.1, -0.05) is 6.92 Å². The molecular weight excluding hydrogens is 183 g/mol. The number of nitrogens with two attached hydrogens (primary N) is 1. The third-order valence-corrected chi connectivity index (χ3v) is 2.52. The predicted molar refractivity (Wildman–Crippen MR) is 41.9 cm³/mol. The van der Waals surface area contributed by atoms with E-state index < -0.39 is 12.0 Å². The maximum absolute atomic E-state index is 12.0. The Balaban J connectivity index is 2.61. The van der Waals surface area contributed by atoms with Gasteiger partial charge in [0.15, 0.2) is 0 Å². The molecule has 0 aromatic rings. The van der Waals surface area contributed by atoms with Crippen molar-refractivity contribution in [3.05, 3.63) is 0 Å². The van der Waals surface area contributed by atoms with Crippen LogP contribution in [0.4, 0.5) is 13.2 Å². The van der Waals surface area contributed by atoms with E-state index in [9.17, 15) is 13.2 Å². The second-order valence-corrected chi connectivity index (χ2v) is 3.78. The fourth-order valence-electron chi connectivity index (χ4n) is 1.91. The summed E-state index contributed by atoms with van der Waals surface area (Å²) >= 11 is 0. The first-order chi connectivity index (χ1) is 5.87. The van der Waals surface area contributed by atoms with Crippen LogP contribution in [0.15, 0.2) is 0 Å². The normalized spacial score (nSPS) is 35.3. The lowest BCUT2D eigenvalue weighted by atomic mass is 10.0. The average molecular weight is 197 g/mol. The van der Waals surface area contributed by atoms with Crippen LogP contribution in [0.2, 0.25) is 0 Å². The number of alkyl halides is 3. The lowest BCUT2D eigenvalue weighted by Gasteiger charge is -2.28. The molecule has 0 bridgehead atoms. The molecule has 0 radical (unpaired) electrons. The Kier molecular flexibility index (Phi) is 2.87. The monoisotopic (exact) mass is 197 g/mol. The van der Waals surface area contributed by atoms with Crippen LogP contribution in [0.1, 0.15) is 26.2 Å². The number of hydrogen-bond donors (Lipinski definition) is 1. The summed E-state index contributed by atoms with van der Waals surface area (Å²) in [6, 6.07) is 0. The Morgan fingerprint density at radius 1 is 1.54 bits per heavy atom. The highest BCUT2D eigenvalue weighted by Crippen LogP contribution is 2.40. The molecule has 1 saturated carbocycles. The highest BCUT2D eigenvalue weighted by molar-refractivity contribution is 4.90. The molecule has 0 aromatic heterocycles. The van der Waals surface area contributed by atoms with Crippen molar-refractivity contribution in [2.24, 2.45) is 11.7 Å². The molecule has 0 saturated heterocycles. The molecule has 1 aliphatic carbocycles. The number of halogens is 3. The largest absolute Gasteiger partial charge is 0.523 e. The third kappa shape index (κ3) is 2.84. The Hall–Kier alpha value is -0.290. The van der Waals surface area contributed by atoms with Crippen molar-refractivity contribution in [2.45, 2.75) is 38.1 Å². The predicted octanol–water partition coefficient (Wildman–Crippen LogP) is 2.04. The van der Waals surface area contributed by atoms with Gasteiger partial charge in [-0.25, -0.2) is 0 Å². The van der Waals surface area contributed by atoms with Gasteiger partial charge in [0.2, 0.25) is 0 Å². The summed E-state index contributed by atoms with van der Waals surface area (Å²) in [5, 5.41) is 0. The maximum Gasteiger partial charge on any atom is 0.523 e. The van der Waals surface area contributed by atoms with Crippen LogP contribution in [0.25, 0.3) is 0 Å². The van der Waals surface area contributed by atoms with E-state index in [0.29, 0.717) is 12.8 Å². The first-order valence-electron chi connectivity index (χ1n) is 4.34. The van der Waals surface area contributed by atoms with Gasteiger partial charge < -0.3 is 5.73 Å². The van der Waals surface area contributed by atoms with Crippen LogP contribution < -0.4 is 5.73 Å². The standard InChI is InChI=1S/C8H14F3NO/c1-6-2-3-7(4-6,5-12)13-8(9,10)11/h6H,2-5,12H2,1H3. The van der Waals surface area contributed by atoms with Gasteiger partial charge in [-0.15, -0.1) is 13.2 Å². The smallest absolute Gasteiger partial charge is 0.328 e. The van der Waals surface area contributed by atoms with Gasteiger partial charge in [-0.05, 0) is 25.2 Å². The number of rotatable bonds is 2. The van der Waals surface area contributed by atoms with E-state index in [0.717, 1.165) is 6.42 Å².